The number of nitrogens with one attached hydrogen (secondary N) is 1. The number of H-pyrrole nitrogens is 1. The lowest BCUT2D eigenvalue weighted by molar-refractivity contribution is -0.154. The minimum atomic E-state index is -0.789. The average Bonchev–Trinajstić information content (AvgIpc) is 3.37. The van der Waals surface area contributed by atoms with E-state index in [1.54, 1.807) is 32.4 Å². The molecular weight excluding hydrogens is 451 g/mol. The van der Waals surface area contributed by atoms with Crippen LogP contribution in [-0.4, -0.2) is 51.7 Å². The smallest absolute Gasteiger partial charge is 0.309 e. The van der Waals surface area contributed by atoms with Crippen LogP contribution in [0.4, 0.5) is 4.39 Å². The van der Waals surface area contributed by atoms with Crippen LogP contribution in [0.25, 0.3) is 27.8 Å². The molecule has 0 spiro atoms. The van der Waals surface area contributed by atoms with Gasteiger partial charge in [0, 0.05) is 40.9 Å². The molecule has 3 aromatic heterocycles. The van der Waals surface area contributed by atoms with Gasteiger partial charge < -0.3 is 19.1 Å². The molecule has 2 N–H and O–H groups in total. The molecule has 0 aliphatic heterocycles. The Morgan fingerprint density at radius 1 is 1.31 bits per heavy atom. The van der Waals surface area contributed by atoms with Crippen LogP contribution in [-0.2, 0) is 14.9 Å². The predicted octanol–water partition coefficient (Wildman–Crippen LogP) is 4.94. The number of halogens is 1. The summed E-state index contributed by atoms with van der Waals surface area (Å²) >= 11 is 0. The fourth-order valence-corrected chi connectivity index (χ4v) is 5.54. The van der Waals surface area contributed by atoms with Crippen LogP contribution in [0.15, 0.2) is 30.5 Å². The molecule has 0 radical (unpaired) electrons. The van der Waals surface area contributed by atoms with Crippen molar-refractivity contribution < 1.29 is 23.8 Å². The molecule has 5 rings (SSSR count). The number of carboxylic acids is 1. The molecule has 1 saturated carbocycles. The number of rotatable bonds is 7. The number of carboxylic acid groups (broad SMARTS) is 1. The van der Waals surface area contributed by atoms with Gasteiger partial charge in [0.1, 0.15) is 0 Å². The molecule has 4 aromatic rings. The van der Waals surface area contributed by atoms with Crippen LogP contribution < -0.4 is 4.74 Å². The van der Waals surface area contributed by atoms with E-state index in [1.165, 1.54) is 13.2 Å². The second kappa shape index (κ2) is 8.05. The van der Waals surface area contributed by atoms with E-state index in [9.17, 15) is 14.3 Å². The van der Waals surface area contributed by atoms with Crippen LogP contribution in [0.1, 0.15) is 50.8 Å². The van der Waals surface area contributed by atoms with E-state index in [1.807, 2.05) is 6.07 Å². The van der Waals surface area contributed by atoms with Gasteiger partial charge in [0.2, 0.25) is 0 Å². The summed E-state index contributed by atoms with van der Waals surface area (Å²) in [6.07, 6.45) is 2.73. The maximum atomic E-state index is 14.3. The van der Waals surface area contributed by atoms with Crippen molar-refractivity contribution in [1.82, 2.24) is 19.7 Å². The summed E-state index contributed by atoms with van der Waals surface area (Å²) in [5.41, 5.74) is 3.72. The van der Waals surface area contributed by atoms with Crippen molar-refractivity contribution in [3.05, 3.63) is 47.5 Å². The van der Waals surface area contributed by atoms with Crippen LogP contribution in [0.5, 0.6) is 5.75 Å². The van der Waals surface area contributed by atoms with Gasteiger partial charge in [-0.25, -0.2) is 9.37 Å². The van der Waals surface area contributed by atoms with E-state index in [-0.39, 0.29) is 11.7 Å². The molecule has 1 fully saturated rings. The molecule has 0 bridgehead atoms. The fraction of sp³-hybridized carbons (Fsp3) is 0.423. The van der Waals surface area contributed by atoms with E-state index in [4.69, 9.17) is 14.5 Å². The summed E-state index contributed by atoms with van der Waals surface area (Å²) in [4.78, 5) is 16.8. The van der Waals surface area contributed by atoms with Gasteiger partial charge in [0.05, 0.1) is 36.4 Å². The monoisotopic (exact) mass is 480 g/mol. The number of pyridine rings is 1. The lowest BCUT2D eigenvalue weighted by Crippen LogP contribution is -2.41. The second-order valence-electron chi connectivity index (χ2n) is 10.4. The zero-order chi connectivity index (χ0) is 25.1. The molecule has 184 valence electrons. The van der Waals surface area contributed by atoms with Crippen molar-refractivity contribution in [3.8, 4) is 11.4 Å². The zero-order valence-electron chi connectivity index (χ0n) is 20.5. The second-order valence-corrected chi connectivity index (χ2v) is 10.4. The summed E-state index contributed by atoms with van der Waals surface area (Å²) in [7, 11) is 3.10. The van der Waals surface area contributed by atoms with E-state index in [0.29, 0.717) is 25.1 Å². The molecule has 1 aromatic carbocycles. The number of carbonyl (C=O) groups is 1. The number of aromatic nitrogens is 4. The summed E-state index contributed by atoms with van der Waals surface area (Å²) < 4.78 is 27.3. The highest BCUT2D eigenvalue weighted by molar-refractivity contribution is 5.94. The Kier molecular flexibility index (Phi) is 5.36. The first-order chi connectivity index (χ1) is 16.6. The number of hydrogen-bond acceptors (Lipinski definition) is 5. The zero-order valence-corrected chi connectivity index (χ0v) is 20.5. The van der Waals surface area contributed by atoms with Gasteiger partial charge in [-0.3, -0.25) is 9.89 Å². The lowest BCUT2D eigenvalue weighted by atomic mass is 9.60. The van der Waals surface area contributed by atoms with E-state index in [2.05, 4.69) is 28.6 Å². The molecule has 0 saturated heterocycles. The first-order valence-corrected chi connectivity index (χ1v) is 11.5. The van der Waals surface area contributed by atoms with Crippen molar-refractivity contribution in [2.75, 3.05) is 20.8 Å². The Hall–Kier alpha value is -3.46. The molecule has 0 unspecified atom stereocenters. The van der Waals surface area contributed by atoms with Gasteiger partial charge >= 0.3 is 5.97 Å². The number of nitrogens with zero attached hydrogens (tertiary/aromatic N) is 3. The third-order valence-electron chi connectivity index (χ3n) is 7.24. The number of aliphatic carboxylic acids is 1. The van der Waals surface area contributed by atoms with Gasteiger partial charge in [0.15, 0.2) is 17.2 Å². The number of aromatic amines is 1. The van der Waals surface area contributed by atoms with Crippen molar-refractivity contribution in [1.29, 1.82) is 0 Å². The molecule has 35 heavy (non-hydrogen) atoms. The van der Waals surface area contributed by atoms with E-state index in [0.717, 1.165) is 33.4 Å². The minimum absolute atomic E-state index is 0.00111. The average molecular weight is 481 g/mol. The highest BCUT2D eigenvalue weighted by Gasteiger charge is 2.50. The van der Waals surface area contributed by atoms with Crippen molar-refractivity contribution in [3.63, 3.8) is 0 Å². The number of fused-ring (bicyclic) bond motifs is 2. The van der Waals surface area contributed by atoms with Gasteiger partial charge in [0.25, 0.3) is 0 Å². The van der Waals surface area contributed by atoms with Crippen LogP contribution >= 0.6 is 0 Å². The molecule has 1 aliphatic rings. The third-order valence-corrected chi connectivity index (χ3v) is 7.24. The molecule has 1 aliphatic carbocycles. The Bertz CT molecular complexity index is 1450. The Labute approximate surface area is 202 Å². The van der Waals surface area contributed by atoms with Gasteiger partial charge in [-0.15, -0.1) is 0 Å². The predicted molar refractivity (Wildman–Crippen MR) is 130 cm³/mol. The lowest BCUT2D eigenvalue weighted by Gasteiger charge is -2.43. The first-order valence-electron chi connectivity index (χ1n) is 11.5. The van der Waals surface area contributed by atoms with E-state index < -0.39 is 22.6 Å². The van der Waals surface area contributed by atoms with Crippen LogP contribution in [0.3, 0.4) is 0 Å². The van der Waals surface area contributed by atoms with Crippen molar-refractivity contribution in [2.24, 2.45) is 5.41 Å². The number of hydrogen-bond donors (Lipinski definition) is 2. The SMILES string of the molecule is COCC(C)(C)c1c([C@H]2C[C@](C)(C(=O)O)C2)c2nc3[nH]ncc3cc2n1-c1ccc(F)c(OC)c1. The quantitative estimate of drug-likeness (QED) is 0.388. The van der Waals surface area contributed by atoms with E-state index >= 15 is 0 Å². The standard InChI is InChI=1S/C26H29FN4O4/c1-25(2,13-34-4)22-20(15-10-26(3,11-15)24(32)33)21-18(8-14-12-28-30-23(14)29-21)31(22)16-6-7-17(27)19(9-16)35-5/h6-9,12,15H,10-11,13H2,1-5H3,(H,32,33)(H,28,29,30)/t15-,26-. The third kappa shape index (κ3) is 3.56. The number of benzene rings is 1. The Morgan fingerprint density at radius 3 is 2.71 bits per heavy atom. The topological polar surface area (TPSA) is 102 Å². The maximum Gasteiger partial charge on any atom is 0.309 e. The highest BCUT2D eigenvalue weighted by Crippen LogP contribution is 2.55. The fourth-order valence-electron chi connectivity index (χ4n) is 5.54. The van der Waals surface area contributed by atoms with Crippen molar-refractivity contribution in [2.45, 2.75) is 44.9 Å². The normalized spacial score (nSPS) is 20.3. The van der Waals surface area contributed by atoms with Gasteiger partial charge in [-0.05, 0) is 43.9 Å². The van der Waals surface area contributed by atoms with Crippen molar-refractivity contribution >= 4 is 28.0 Å². The van der Waals surface area contributed by atoms with Gasteiger partial charge in [-0.1, -0.05) is 13.8 Å². The minimum Gasteiger partial charge on any atom is -0.494 e. The number of methoxy groups -OCH3 is 2. The molecule has 8 nitrogen and oxygen atoms in total. The molecule has 3 heterocycles. The summed E-state index contributed by atoms with van der Waals surface area (Å²) in [6, 6.07) is 6.80. The Morgan fingerprint density at radius 2 is 2.06 bits per heavy atom. The highest BCUT2D eigenvalue weighted by atomic mass is 19.1. The largest absolute Gasteiger partial charge is 0.494 e. The summed E-state index contributed by atoms with van der Waals surface area (Å²) in [5.74, 6) is -1.10. The molecular formula is C26H29FN4O4. The maximum absolute atomic E-state index is 14.3. The van der Waals surface area contributed by atoms with Crippen LogP contribution in [0.2, 0.25) is 0 Å². The molecule has 0 atom stereocenters. The van der Waals surface area contributed by atoms with Gasteiger partial charge in [-0.2, -0.15) is 5.10 Å². The number of ether oxygens (including phenoxy) is 2. The molecule has 9 heteroatoms. The summed E-state index contributed by atoms with van der Waals surface area (Å²) in [5, 5.41) is 17.7. The van der Waals surface area contributed by atoms with Crippen LogP contribution in [0, 0.1) is 11.2 Å². The first kappa shape index (κ1) is 23.3. The molecule has 0 amide bonds. The Balaban J connectivity index is 1.86. The summed E-state index contributed by atoms with van der Waals surface area (Å²) in [6.45, 7) is 6.40.